The molecular weight excluding hydrogens is 789 g/mol. The Morgan fingerprint density at radius 2 is 1.64 bits per heavy atom. The van der Waals surface area contributed by atoms with Crippen molar-refractivity contribution in [2.24, 2.45) is 0 Å². The number of unbranched alkanes of at least 4 members (excludes halogenated alkanes) is 4. The molecule has 0 bridgehead atoms. The lowest BCUT2D eigenvalue weighted by Crippen LogP contribution is -2.42. The highest BCUT2D eigenvalue weighted by molar-refractivity contribution is 7.89. The second-order valence-corrected chi connectivity index (χ2v) is 25.0. The van der Waals surface area contributed by atoms with Crippen molar-refractivity contribution in [3.05, 3.63) is 58.7 Å². The number of sulfonamides is 1. The smallest absolute Gasteiger partial charge is 0.426 e. The number of hydrogen-bond acceptors (Lipinski definition) is 10. The zero-order valence-electron chi connectivity index (χ0n) is 36.5. The average molecular weight is 853 g/mol. The number of ether oxygens (including phenoxy) is 6. The standard InChI is InChI=1S/C45H64N2O10SSi/c1-10-11-14-19-35-28-36(30-39(29-35)58(50,51)47(43(49)57-44(2,3)4)34-53-26-27-59(7,8)9)20-15-18-25-52-24-17-13-12-16-23-46-32-41(55-42(46)48)37-21-22-40-38(31-37)33-54-45(5,6)56-40/h21-22,28-31,41H,10-13,16-18,23-27,32-34H2,1-9H3. The summed E-state index contributed by atoms with van der Waals surface area (Å²) >= 11 is 0. The fraction of sp³-hybridized carbons (Fsp3) is 0.600. The lowest BCUT2D eigenvalue weighted by molar-refractivity contribution is -0.180. The van der Waals surface area contributed by atoms with Crippen LogP contribution < -0.4 is 4.74 Å². The summed E-state index contributed by atoms with van der Waals surface area (Å²) in [7, 11) is -5.85. The molecule has 1 saturated heterocycles. The van der Waals surface area contributed by atoms with Crippen molar-refractivity contribution >= 4 is 30.3 Å². The summed E-state index contributed by atoms with van der Waals surface area (Å²) in [4.78, 5) is 27.5. The maximum Gasteiger partial charge on any atom is 0.426 e. The minimum absolute atomic E-state index is 0.118. The Hall–Kier alpha value is -4.05. The summed E-state index contributed by atoms with van der Waals surface area (Å²) < 4.78 is 63.1. The normalized spacial score (nSPS) is 16.2. The van der Waals surface area contributed by atoms with Crippen molar-refractivity contribution in [1.29, 1.82) is 0 Å². The number of cyclic esters (lactones) is 1. The van der Waals surface area contributed by atoms with E-state index in [2.05, 4.69) is 43.3 Å². The summed E-state index contributed by atoms with van der Waals surface area (Å²) in [5.74, 6) is 12.4. The van der Waals surface area contributed by atoms with E-state index in [-0.39, 0.29) is 17.1 Å². The molecule has 0 aliphatic carbocycles. The lowest BCUT2D eigenvalue weighted by Gasteiger charge is -2.32. The maximum absolute atomic E-state index is 14.0. The zero-order valence-corrected chi connectivity index (χ0v) is 38.3. The van der Waals surface area contributed by atoms with Crippen LogP contribution in [0.25, 0.3) is 0 Å². The second-order valence-electron chi connectivity index (χ2n) is 17.5. The van der Waals surface area contributed by atoms with Crippen molar-refractivity contribution in [1.82, 2.24) is 9.21 Å². The largest absolute Gasteiger partial charge is 0.463 e. The Morgan fingerprint density at radius 3 is 2.32 bits per heavy atom. The molecule has 2 heterocycles. The number of hydrogen-bond donors (Lipinski definition) is 0. The average Bonchev–Trinajstić information content (AvgIpc) is 3.51. The van der Waals surface area contributed by atoms with Crippen LogP contribution in [0, 0.1) is 23.7 Å². The van der Waals surface area contributed by atoms with Gasteiger partial charge in [-0.25, -0.2) is 18.0 Å². The highest BCUT2D eigenvalue weighted by atomic mass is 32.2. The van der Waals surface area contributed by atoms with Gasteiger partial charge in [-0.2, -0.15) is 4.31 Å². The molecule has 1 unspecified atom stereocenters. The van der Waals surface area contributed by atoms with Gasteiger partial charge in [-0.05, 0) is 82.0 Å². The molecule has 12 nitrogen and oxygen atoms in total. The summed E-state index contributed by atoms with van der Waals surface area (Å²) in [6.07, 6.45) is 4.01. The third-order valence-electron chi connectivity index (χ3n) is 9.25. The number of fused-ring (bicyclic) bond motifs is 1. The molecule has 2 amide bonds. The molecule has 0 N–H and O–H groups in total. The fourth-order valence-electron chi connectivity index (χ4n) is 6.04. The van der Waals surface area contributed by atoms with Crippen molar-refractivity contribution < 1.29 is 46.4 Å². The van der Waals surface area contributed by atoms with E-state index in [1.807, 2.05) is 39.0 Å². The minimum atomic E-state index is -4.39. The quantitative estimate of drug-likeness (QED) is 0.0619. The topological polar surface area (TPSA) is 130 Å². The second kappa shape index (κ2) is 21.5. The summed E-state index contributed by atoms with van der Waals surface area (Å²) in [6.45, 7) is 19.9. The maximum atomic E-state index is 14.0. The van der Waals surface area contributed by atoms with E-state index in [1.54, 1.807) is 31.7 Å². The highest BCUT2D eigenvalue weighted by Crippen LogP contribution is 2.35. The molecule has 324 valence electrons. The predicted octanol–water partition coefficient (Wildman–Crippen LogP) is 9.23. The monoisotopic (exact) mass is 852 g/mol. The number of rotatable bonds is 18. The molecule has 2 aliphatic heterocycles. The number of nitrogens with zero attached hydrogens (tertiary/aromatic N) is 2. The van der Waals surface area contributed by atoms with E-state index in [0.29, 0.717) is 67.8 Å². The molecule has 4 rings (SSSR count). The Morgan fingerprint density at radius 1 is 0.949 bits per heavy atom. The molecular formula is C45H64N2O10SSi. The summed E-state index contributed by atoms with van der Waals surface area (Å²) in [5, 5.41) is 0. The van der Waals surface area contributed by atoms with E-state index in [4.69, 9.17) is 28.4 Å². The molecule has 1 fully saturated rings. The van der Waals surface area contributed by atoms with Crippen molar-refractivity contribution in [3.8, 4) is 29.4 Å². The Kier molecular flexibility index (Phi) is 17.3. The Balaban J connectivity index is 1.25. The SMILES string of the molecule is CCCC#Cc1cc(C#CCCOCCCCCCN2CC(c3ccc4c(c3)COC(C)(C)O4)OC2=O)cc(S(=O)(=O)N(COCC[Si](C)(C)C)C(=O)OC(C)(C)C)c1. The summed E-state index contributed by atoms with van der Waals surface area (Å²) in [6, 6.07) is 11.4. The molecule has 1 atom stereocenters. The van der Waals surface area contributed by atoms with Gasteiger partial charge >= 0.3 is 12.2 Å². The van der Waals surface area contributed by atoms with Crippen LogP contribution in [-0.2, 0) is 40.3 Å². The minimum Gasteiger partial charge on any atom is -0.463 e. The molecule has 0 spiro atoms. The Labute approximate surface area is 353 Å². The fourth-order valence-corrected chi connectivity index (χ4v) is 8.05. The van der Waals surface area contributed by atoms with E-state index < -0.39 is 42.3 Å². The van der Waals surface area contributed by atoms with Gasteiger partial charge in [0.05, 0.1) is 24.7 Å². The van der Waals surface area contributed by atoms with Crippen LogP contribution >= 0.6 is 0 Å². The lowest BCUT2D eigenvalue weighted by atomic mass is 10.0. The molecule has 14 heteroatoms. The van der Waals surface area contributed by atoms with E-state index in [0.717, 1.165) is 55.0 Å². The molecule has 2 aromatic rings. The van der Waals surface area contributed by atoms with Crippen LogP contribution in [0.2, 0.25) is 25.7 Å². The third kappa shape index (κ3) is 15.8. The first-order valence-electron chi connectivity index (χ1n) is 20.7. The van der Waals surface area contributed by atoms with Gasteiger partial charge in [-0.15, -0.1) is 0 Å². The third-order valence-corrected chi connectivity index (χ3v) is 12.6. The van der Waals surface area contributed by atoms with Crippen LogP contribution in [0.5, 0.6) is 5.75 Å². The van der Waals surface area contributed by atoms with Crippen molar-refractivity contribution in [2.75, 3.05) is 39.6 Å². The van der Waals surface area contributed by atoms with Gasteiger partial charge in [-0.3, -0.25) is 0 Å². The van der Waals surface area contributed by atoms with Crippen LogP contribution in [0.15, 0.2) is 41.3 Å². The van der Waals surface area contributed by atoms with E-state index >= 15 is 0 Å². The van der Waals surface area contributed by atoms with Crippen LogP contribution in [0.4, 0.5) is 9.59 Å². The summed E-state index contributed by atoms with van der Waals surface area (Å²) in [5.41, 5.74) is 1.91. The van der Waals surface area contributed by atoms with Crippen molar-refractivity contribution in [3.63, 3.8) is 0 Å². The van der Waals surface area contributed by atoms with Crippen molar-refractivity contribution in [2.45, 2.75) is 141 Å². The molecule has 59 heavy (non-hydrogen) atoms. The zero-order chi connectivity index (χ0) is 43.3. The van der Waals surface area contributed by atoms with Crippen LogP contribution in [0.1, 0.15) is 115 Å². The molecule has 2 aliphatic rings. The van der Waals surface area contributed by atoms with Gasteiger partial charge in [0.15, 0.2) is 0 Å². The van der Waals surface area contributed by atoms with Crippen LogP contribution in [0.3, 0.4) is 0 Å². The first kappa shape index (κ1) is 47.6. The highest BCUT2D eigenvalue weighted by Gasteiger charge is 2.35. The van der Waals surface area contributed by atoms with Gasteiger partial charge < -0.3 is 33.3 Å². The first-order chi connectivity index (χ1) is 27.8. The number of amides is 2. The first-order valence-corrected chi connectivity index (χ1v) is 25.9. The van der Waals surface area contributed by atoms with E-state index in [9.17, 15) is 18.0 Å². The predicted molar refractivity (Wildman–Crippen MR) is 230 cm³/mol. The van der Waals surface area contributed by atoms with Gasteiger partial charge in [0, 0.05) is 71.2 Å². The number of carbonyl (C=O) groups is 2. The van der Waals surface area contributed by atoms with E-state index in [1.165, 1.54) is 12.1 Å². The number of carbonyl (C=O) groups excluding carboxylic acids is 2. The molecule has 0 saturated carbocycles. The Bertz CT molecular complexity index is 1980. The van der Waals surface area contributed by atoms with Gasteiger partial charge in [-0.1, -0.05) is 69.2 Å². The molecule has 2 aromatic carbocycles. The van der Waals surface area contributed by atoms with Gasteiger partial charge in [0.25, 0.3) is 10.0 Å². The number of benzene rings is 2. The van der Waals surface area contributed by atoms with Gasteiger partial charge in [0.1, 0.15) is 24.2 Å². The van der Waals surface area contributed by atoms with Gasteiger partial charge in [0.2, 0.25) is 5.79 Å². The molecule has 0 radical (unpaired) electrons. The van der Waals surface area contributed by atoms with Crippen LogP contribution in [-0.4, -0.2) is 88.9 Å². The molecule has 0 aromatic heterocycles.